The molecule has 0 bridgehead atoms. The van der Waals surface area contributed by atoms with Crippen LogP contribution < -0.4 is 5.32 Å². The van der Waals surface area contributed by atoms with E-state index in [1.54, 1.807) is 6.92 Å². The topological polar surface area (TPSA) is 73.2 Å². The first-order valence-corrected chi connectivity index (χ1v) is 8.71. The number of aryl methyl sites for hydroxylation is 1. The Bertz CT molecular complexity index is 767. The number of esters is 1. The Kier molecular flexibility index (Phi) is 5.38. The van der Waals surface area contributed by atoms with Gasteiger partial charge < -0.3 is 10.1 Å². The molecule has 7 heteroatoms. The number of amides is 1. The molecule has 0 saturated heterocycles. The monoisotopic (exact) mass is 361 g/mol. The van der Waals surface area contributed by atoms with Gasteiger partial charge in [-0.3, -0.25) is 4.79 Å². The summed E-state index contributed by atoms with van der Waals surface area (Å²) in [4.78, 5) is 24.2. The summed E-state index contributed by atoms with van der Waals surface area (Å²) in [6.45, 7) is 1.36. The van der Waals surface area contributed by atoms with E-state index >= 15 is 0 Å². The number of nitrogens with zero attached hydrogens (tertiary/aromatic N) is 2. The zero-order valence-electron chi connectivity index (χ0n) is 14.0. The van der Waals surface area contributed by atoms with Crippen LogP contribution in [0.4, 0.5) is 0 Å². The number of hydrogen-bond acceptors (Lipinski definition) is 4. The Hall–Kier alpha value is -2.34. The van der Waals surface area contributed by atoms with Gasteiger partial charge in [0.1, 0.15) is 10.7 Å². The fraction of sp³-hybridized carbons (Fsp3) is 0.389. The second kappa shape index (κ2) is 7.70. The minimum Gasteiger partial charge on any atom is -0.452 e. The van der Waals surface area contributed by atoms with Crippen LogP contribution in [-0.4, -0.2) is 34.3 Å². The quantitative estimate of drug-likeness (QED) is 0.831. The van der Waals surface area contributed by atoms with Crippen molar-refractivity contribution in [2.45, 2.75) is 38.6 Å². The average molecular weight is 362 g/mol. The highest BCUT2D eigenvalue weighted by molar-refractivity contribution is 6.33. The van der Waals surface area contributed by atoms with Crippen LogP contribution in [0.15, 0.2) is 30.3 Å². The van der Waals surface area contributed by atoms with E-state index in [1.807, 2.05) is 30.3 Å². The Morgan fingerprint density at radius 1 is 1.28 bits per heavy atom. The second-order valence-corrected chi connectivity index (χ2v) is 6.48. The molecule has 1 N–H and O–H groups in total. The molecule has 1 amide bonds. The van der Waals surface area contributed by atoms with Crippen LogP contribution in [0, 0.1) is 6.92 Å². The van der Waals surface area contributed by atoms with Crippen LogP contribution in [0.5, 0.6) is 0 Å². The normalized spacial score (nSPS) is 14.5. The number of carbonyl (C=O) groups excluding carboxylic acids is 2. The van der Waals surface area contributed by atoms with E-state index in [0.717, 1.165) is 31.4 Å². The number of rotatable bonds is 5. The first kappa shape index (κ1) is 17.5. The summed E-state index contributed by atoms with van der Waals surface area (Å²) in [5.74, 6) is -0.935. The molecule has 6 nitrogen and oxygen atoms in total. The van der Waals surface area contributed by atoms with Crippen LogP contribution in [0.25, 0.3) is 5.69 Å². The smallest absolute Gasteiger partial charge is 0.343 e. The lowest BCUT2D eigenvalue weighted by molar-refractivity contribution is -0.124. The summed E-state index contributed by atoms with van der Waals surface area (Å²) in [5, 5.41) is 7.34. The fourth-order valence-electron chi connectivity index (χ4n) is 3.01. The van der Waals surface area contributed by atoms with E-state index in [0.29, 0.717) is 5.69 Å². The minimum atomic E-state index is -0.647. The van der Waals surface area contributed by atoms with Gasteiger partial charge in [-0.2, -0.15) is 5.10 Å². The molecule has 25 heavy (non-hydrogen) atoms. The predicted octanol–water partition coefficient (Wildman–Crippen LogP) is 3.05. The summed E-state index contributed by atoms with van der Waals surface area (Å²) >= 11 is 6.31. The standard InChI is InChI=1S/C18H20ClN3O3/c1-12-16(17(19)22(21-12)14-9-3-2-4-10-14)18(24)25-11-15(23)20-13-7-5-6-8-13/h2-4,9-10,13H,5-8,11H2,1H3,(H,20,23). The Morgan fingerprint density at radius 2 is 1.96 bits per heavy atom. The van der Waals surface area contributed by atoms with Crippen molar-refractivity contribution in [1.29, 1.82) is 0 Å². The van der Waals surface area contributed by atoms with E-state index in [-0.39, 0.29) is 29.3 Å². The van der Waals surface area contributed by atoms with Crippen LogP contribution in [0.2, 0.25) is 5.15 Å². The first-order valence-electron chi connectivity index (χ1n) is 8.33. The van der Waals surface area contributed by atoms with E-state index in [9.17, 15) is 9.59 Å². The van der Waals surface area contributed by atoms with Crippen LogP contribution in [0.1, 0.15) is 41.7 Å². The number of ether oxygens (including phenoxy) is 1. The summed E-state index contributed by atoms with van der Waals surface area (Å²) in [6, 6.07) is 9.45. The van der Waals surface area contributed by atoms with Gasteiger partial charge in [-0.25, -0.2) is 9.48 Å². The number of halogens is 1. The minimum absolute atomic E-state index is 0.171. The van der Waals surface area contributed by atoms with Crippen molar-refractivity contribution < 1.29 is 14.3 Å². The molecule has 3 rings (SSSR count). The van der Waals surface area contributed by atoms with Crippen molar-refractivity contribution >= 4 is 23.5 Å². The maximum absolute atomic E-state index is 12.3. The molecule has 0 radical (unpaired) electrons. The zero-order chi connectivity index (χ0) is 17.8. The van der Waals surface area contributed by atoms with Crippen molar-refractivity contribution in [3.8, 4) is 5.69 Å². The molecule has 1 aliphatic carbocycles. The summed E-state index contributed by atoms with van der Waals surface area (Å²) in [5.41, 5.74) is 1.38. The van der Waals surface area contributed by atoms with Crippen LogP contribution in [0.3, 0.4) is 0 Å². The summed E-state index contributed by atoms with van der Waals surface area (Å²) in [7, 11) is 0. The first-order chi connectivity index (χ1) is 12.1. The Balaban J connectivity index is 1.66. The number of benzene rings is 1. The third kappa shape index (κ3) is 4.02. The molecule has 0 aliphatic heterocycles. The molecule has 2 aromatic rings. The fourth-order valence-corrected chi connectivity index (χ4v) is 3.36. The average Bonchev–Trinajstić information content (AvgIpc) is 3.21. The number of carbonyl (C=O) groups is 2. The molecule has 1 aromatic heterocycles. The second-order valence-electron chi connectivity index (χ2n) is 6.12. The van der Waals surface area contributed by atoms with Gasteiger partial charge in [0.05, 0.1) is 11.4 Å². The van der Waals surface area contributed by atoms with Gasteiger partial charge in [0, 0.05) is 6.04 Å². The van der Waals surface area contributed by atoms with E-state index in [4.69, 9.17) is 16.3 Å². The highest BCUT2D eigenvalue weighted by atomic mass is 35.5. The maximum atomic E-state index is 12.3. The van der Waals surface area contributed by atoms with Crippen molar-refractivity contribution in [2.75, 3.05) is 6.61 Å². The maximum Gasteiger partial charge on any atom is 0.343 e. The van der Waals surface area contributed by atoms with E-state index in [1.165, 1.54) is 4.68 Å². The number of nitrogens with one attached hydrogen (secondary N) is 1. The van der Waals surface area contributed by atoms with Crippen molar-refractivity contribution in [3.63, 3.8) is 0 Å². The highest BCUT2D eigenvalue weighted by Crippen LogP contribution is 2.24. The molecule has 0 unspecified atom stereocenters. The van der Waals surface area contributed by atoms with Gasteiger partial charge in [0.2, 0.25) is 0 Å². The predicted molar refractivity (Wildman–Crippen MR) is 94.0 cm³/mol. The highest BCUT2D eigenvalue weighted by Gasteiger charge is 2.24. The van der Waals surface area contributed by atoms with Crippen molar-refractivity contribution in [1.82, 2.24) is 15.1 Å². The molecule has 0 spiro atoms. The molecule has 0 atom stereocenters. The largest absolute Gasteiger partial charge is 0.452 e. The van der Waals surface area contributed by atoms with Gasteiger partial charge in [-0.1, -0.05) is 42.6 Å². The molecule has 1 saturated carbocycles. The molecule has 1 fully saturated rings. The lowest BCUT2D eigenvalue weighted by Crippen LogP contribution is -2.35. The van der Waals surface area contributed by atoms with Crippen LogP contribution >= 0.6 is 11.6 Å². The Morgan fingerprint density at radius 3 is 2.64 bits per heavy atom. The summed E-state index contributed by atoms with van der Waals surface area (Å²) in [6.07, 6.45) is 4.21. The molecule has 1 aromatic carbocycles. The third-order valence-electron chi connectivity index (χ3n) is 4.26. The van der Waals surface area contributed by atoms with Crippen LogP contribution in [-0.2, 0) is 9.53 Å². The SMILES string of the molecule is Cc1nn(-c2ccccc2)c(Cl)c1C(=O)OCC(=O)NC1CCCC1. The molecule has 1 aliphatic rings. The van der Waals surface area contributed by atoms with Gasteiger partial charge in [-0.05, 0) is 31.9 Å². The Labute approximate surface area is 151 Å². The molecule has 132 valence electrons. The van der Waals surface area contributed by atoms with Crippen molar-refractivity contribution in [2.24, 2.45) is 0 Å². The van der Waals surface area contributed by atoms with E-state index < -0.39 is 5.97 Å². The molecule has 1 heterocycles. The van der Waals surface area contributed by atoms with Crippen molar-refractivity contribution in [3.05, 3.63) is 46.7 Å². The number of hydrogen-bond donors (Lipinski definition) is 1. The number of aromatic nitrogens is 2. The lowest BCUT2D eigenvalue weighted by Gasteiger charge is -2.11. The van der Waals surface area contributed by atoms with Gasteiger partial charge >= 0.3 is 5.97 Å². The van der Waals surface area contributed by atoms with Gasteiger partial charge in [0.25, 0.3) is 5.91 Å². The van der Waals surface area contributed by atoms with E-state index in [2.05, 4.69) is 10.4 Å². The zero-order valence-corrected chi connectivity index (χ0v) is 14.8. The van der Waals surface area contributed by atoms with Gasteiger partial charge in [0.15, 0.2) is 6.61 Å². The lowest BCUT2D eigenvalue weighted by atomic mass is 10.2. The summed E-state index contributed by atoms with van der Waals surface area (Å²) < 4.78 is 6.60. The molecular weight excluding hydrogens is 342 g/mol. The van der Waals surface area contributed by atoms with Gasteiger partial charge in [-0.15, -0.1) is 0 Å². The third-order valence-corrected chi connectivity index (χ3v) is 4.61. The molecular formula is C18H20ClN3O3. The number of para-hydroxylation sites is 1.